The van der Waals surface area contributed by atoms with Crippen LogP contribution in [0.4, 0.5) is 0 Å². The zero-order valence-electron chi connectivity index (χ0n) is 12.9. The summed E-state index contributed by atoms with van der Waals surface area (Å²) in [6, 6.07) is 3.55. The van der Waals surface area contributed by atoms with E-state index < -0.39 is 9.05 Å². The Bertz CT molecular complexity index is 481. The molecule has 0 aliphatic heterocycles. The van der Waals surface area contributed by atoms with Gasteiger partial charge in [0.2, 0.25) is 0 Å². The lowest BCUT2D eigenvalue weighted by molar-refractivity contribution is 0.128. The number of benzene rings is 1. The molecular weight excluding hydrogens is 379 g/mol. The Hall–Kier alpha value is -0.0131. The molecule has 132 valence electrons. The molecule has 0 fully saturated rings. The Labute approximate surface area is 153 Å². The molecule has 23 heavy (non-hydrogen) atoms. The maximum Gasteiger partial charge on any atom is 0.741 e. The lowest BCUT2D eigenvalue weighted by Crippen LogP contribution is -2.42. The summed E-state index contributed by atoms with van der Waals surface area (Å²) in [7, 11) is -4.65. The summed E-state index contributed by atoms with van der Waals surface area (Å²) in [5.41, 5.74) is 3.09. The van der Waals surface area contributed by atoms with Gasteiger partial charge in [0, 0.05) is 17.6 Å². The van der Waals surface area contributed by atoms with Gasteiger partial charge < -0.3 is 18.8 Å². The van der Waals surface area contributed by atoms with Gasteiger partial charge in [-0.05, 0) is 61.3 Å². The van der Waals surface area contributed by atoms with Crippen molar-refractivity contribution in [3.8, 4) is 5.75 Å². The molecule has 8 heteroatoms. The van der Waals surface area contributed by atoms with E-state index in [4.69, 9.17) is 39.2 Å². The smallest absolute Gasteiger partial charge is 0.480 e. The second-order valence-electron chi connectivity index (χ2n) is 5.23. The van der Waals surface area contributed by atoms with Crippen molar-refractivity contribution in [3.05, 3.63) is 28.8 Å². The van der Waals surface area contributed by atoms with Crippen molar-refractivity contribution < 1.29 is 18.8 Å². The van der Waals surface area contributed by atoms with Crippen LogP contribution in [0.1, 0.15) is 36.0 Å². The van der Waals surface area contributed by atoms with Crippen LogP contribution in [-0.2, 0) is 19.3 Å². The fourth-order valence-electron chi connectivity index (χ4n) is 2.53. The number of alkyl halides is 3. The highest BCUT2D eigenvalue weighted by Gasteiger charge is 2.34. The predicted octanol–water partition coefficient (Wildman–Crippen LogP) is 2.99. The van der Waals surface area contributed by atoms with E-state index in [9.17, 15) is 14.4 Å². The first-order valence-electron chi connectivity index (χ1n) is 7.60. The van der Waals surface area contributed by atoms with E-state index in [0.29, 0.717) is 29.8 Å². The highest BCUT2D eigenvalue weighted by molar-refractivity contribution is 6.49. The molecule has 0 bridgehead atoms. The monoisotopic (exact) mass is 400 g/mol. The minimum absolute atomic E-state index is 0.300. The molecule has 0 amide bonds. The molecule has 0 heterocycles. The van der Waals surface area contributed by atoms with E-state index in [1.165, 1.54) is 0 Å². The number of halogens is 3. The molecule has 1 aromatic carbocycles. The molecule has 0 radical (unpaired) electrons. The molecule has 0 saturated carbocycles. The Balaban J connectivity index is 3.23. The number of hydrogen-bond acceptors (Lipinski definition) is 4. The number of hydrogen-bond donors (Lipinski definition) is 3. The molecule has 0 spiro atoms. The molecule has 0 aliphatic carbocycles. The first-order chi connectivity index (χ1) is 10.9. The van der Waals surface area contributed by atoms with Crippen LogP contribution in [0, 0.1) is 0 Å². The van der Waals surface area contributed by atoms with Gasteiger partial charge in [-0.15, -0.1) is 34.8 Å². The van der Waals surface area contributed by atoms with Crippen LogP contribution >= 0.6 is 34.8 Å². The topological polar surface area (TPSA) is 69.9 Å². The minimum Gasteiger partial charge on any atom is -0.480 e. The van der Waals surface area contributed by atoms with Gasteiger partial charge in [-0.1, -0.05) is 6.07 Å². The van der Waals surface area contributed by atoms with Crippen molar-refractivity contribution in [1.29, 1.82) is 0 Å². The maximum absolute atomic E-state index is 9.26. The summed E-state index contributed by atoms with van der Waals surface area (Å²) in [4.78, 5) is 27.8. The van der Waals surface area contributed by atoms with Crippen molar-refractivity contribution in [3.63, 3.8) is 0 Å². The number of rotatable bonds is 11. The fourth-order valence-corrected chi connectivity index (χ4v) is 3.41. The van der Waals surface area contributed by atoms with Crippen LogP contribution in [0.2, 0.25) is 0 Å². The fraction of sp³-hybridized carbons (Fsp3) is 0.600. The van der Waals surface area contributed by atoms with Crippen molar-refractivity contribution in [1.82, 2.24) is 0 Å². The summed E-state index contributed by atoms with van der Waals surface area (Å²) in [5, 5.41) is 0. The van der Waals surface area contributed by atoms with Crippen LogP contribution in [0.25, 0.3) is 0 Å². The molecule has 0 atom stereocenters. The average Bonchev–Trinajstić information content (AvgIpc) is 2.49. The minimum atomic E-state index is -4.65. The molecule has 4 nitrogen and oxygen atoms in total. The highest BCUT2D eigenvalue weighted by atomic mass is 35.5. The molecule has 0 unspecified atom stereocenters. The van der Waals surface area contributed by atoms with Gasteiger partial charge in [0.1, 0.15) is 5.75 Å². The van der Waals surface area contributed by atoms with E-state index in [-0.39, 0.29) is 0 Å². The SMILES string of the molecule is O[Si](O)(O)Oc1ccc(CCCCl)c(CCCCl)c1CCCCl. The van der Waals surface area contributed by atoms with Gasteiger partial charge in [-0.3, -0.25) is 0 Å². The lowest BCUT2D eigenvalue weighted by atomic mass is 9.91. The van der Waals surface area contributed by atoms with Crippen molar-refractivity contribution in [2.75, 3.05) is 17.6 Å². The van der Waals surface area contributed by atoms with Gasteiger partial charge >= 0.3 is 9.05 Å². The third-order valence-corrected chi connectivity index (χ3v) is 4.73. The van der Waals surface area contributed by atoms with E-state index in [2.05, 4.69) is 0 Å². The number of aryl methyl sites for hydroxylation is 1. The standard InChI is InChI=1S/C15H23Cl3O4Si/c16-9-1-4-12-7-8-15(22-23(19,20)21)14(6-3-11-18)13(12)5-2-10-17/h7-8,19-21H,1-6,9-11H2. The Morgan fingerprint density at radius 3 is 1.83 bits per heavy atom. The Morgan fingerprint density at radius 2 is 1.30 bits per heavy atom. The Morgan fingerprint density at radius 1 is 0.783 bits per heavy atom. The summed E-state index contributed by atoms with van der Waals surface area (Å²) >= 11 is 17.4. The quantitative estimate of drug-likeness (QED) is 0.394. The zero-order chi connectivity index (χ0) is 17.3. The van der Waals surface area contributed by atoms with E-state index in [1.807, 2.05) is 6.07 Å². The van der Waals surface area contributed by atoms with Gasteiger partial charge in [0.05, 0.1) is 0 Å². The molecule has 1 rings (SSSR count). The second-order valence-corrected chi connectivity index (χ2v) is 7.72. The first kappa shape index (κ1) is 21.0. The van der Waals surface area contributed by atoms with Gasteiger partial charge in [0.15, 0.2) is 0 Å². The molecule has 3 N–H and O–H groups in total. The first-order valence-corrected chi connectivity index (χ1v) is 11.0. The van der Waals surface area contributed by atoms with E-state index >= 15 is 0 Å². The van der Waals surface area contributed by atoms with Crippen molar-refractivity contribution in [2.24, 2.45) is 0 Å². The third-order valence-electron chi connectivity index (χ3n) is 3.43. The van der Waals surface area contributed by atoms with Gasteiger partial charge in [-0.2, -0.15) is 0 Å². The van der Waals surface area contributed by atoms with Crippen LogP contribution in [-0.4, -0.2) is 41.1 Å². The normalized spacial score (nSPS) is 11.7. The van der Waals surface area contributed by atoms with E-state index in [1.54, 1.807) is 6.07 Å². The molecule has 0 aromatic heterocycles. The van der Waals surface area contributed by atoms with Crippen LogP contribution in [0.3, 0.4) is 0 Å². The zero-order valence-corrected chi connectivity index (χ0v) is 16.2. The summed E-state index contributed by atoms with van der Waals surface area (Å²) < 4.78 is 5.01. The third kappa shape index (κ3) is 7.60. The van der Waals surface area contributed by atoms with Gasteiger partial charge in [0.25, 0.3) is 0 Å². The average molecular weight is 402 g/mol. The summed E-state index contributed by atoms with van der Waals surface area (Å²) in [5.74, 6) is 1.89. The summed E-state index contributed by atoms with van der Waals surface area (Å²) in [6.07, 6.45) is 4.59. The maximum atomic E-state index is 9.26. The summed E-state index contributed by atoms with van der Waals surface area (Å²) in [6.45, 7) is 0. The van der Waals surface area contributed by atoms with Crippen LogP contribution in [0.15, 0.2) is 12.1 Å². The molecular formula is C15H23Cl3O4Si. The second kappa shape index (κ2) is 10.8. The largest absolute Gasteiger partial charge is 0.741 e. The van der Waals surface area contributed by atoms with Crippen LogP contribution < -0.4 is 4.43 Å². The molecule has 0 aliphatic rings. The van der Waals surface area contributed by atoms with Crippen molar-refractivity contribution >= 4 is 43.9 Å². The molecule has 0 saturated heterocycles. The Kier molecular flexibility index (Phi) is 9.85. The van der Waals surface area contributed by atoms with E-state index in [0.717, 1.165) is 48.8 Å². The van der Waals surface area contributed by atoms with Crippen molar-refractivity contribution in [2.45, 2.75) is 38.5 Å². The predicted molar refractivity (Wildman–Crippen MR) is 96.6 cm³/mol. The van der Waals surface area contributed by atoms with Gasteiger partial charge in [-0.25, -0.2) is 0 Å². The lowest BCUT2D eigenvalue weighted by Gasteiger charge is -2.21. The molecule has 1 aromatic rings. The van der Waals surface area contributed by atoms with Crippen LogP contribution in [0.5, 0.6) is 5.75 Å². The highest BCUT2D eigenvalue weighted by Crippen LogP contribution is 2.30.